The minimum Gasteiger partial charge on any atom is -0.377 e. The average Bonchev–Trinajstić information content (AvgIpc) is 2.35. The maximum Gasteiger partial charge on any atom is 0.224 e. The summed E-state index contributed by atoms with van der Waals surface area (Å²) in [5.74, 6) is -0.605. The Balaban J connectivity index is 2.88. The van der Waals surface area contributed by atoms with Crippen molar-refractivity contribution in [3.63, 3.8) is 0 Å². The number of primary amides is 1. The lowest BCUT2D eigenvalue weighted by Crippen LogP contribution is -2.41. The zero-order chi connectivity index (χ0) is 15.5. The van der Waals surface area contributed by atoms with Gasteiger partial charge in [-0.1, -0.05) is 6.07 Å². The van der Waals surface area contributed by atoms with Crippen molar-refractivity contribution in [2.24, 2.45) is 11.1 Å². The maximum atomic E-state index is 13.3. The summed E-state index contributed by atoms with van der Waals surface area (Å²) in [4.78, 5) is 13.2. The van der Waals surface area contributed by atoms with Gasteiger partial charge in [-0.15, -0.1) is 0 Å². The van der Waals surface area contributed by atoms with E-state index in [2.05, 4.69) is 5.32 Å². The molecule has 1 amide bonds. The average molecular weight is 281 g/mol. The molecule has 1 unspecified atom stereocenters. The highest BCUT2D eigenvalue weighted by Crippen LogP contribution is 2.26. The normalized spacial score (nSPS) is 13.1. The Morgan fingerprint density at radius 1 is 1.45 bits per heavy atom. The summed E-state index contributed by atoms with van der Waals surface area (Å²) < 4.78 is 13.3. The van der Waals surface area contributed by atoms with Crippen LogP contribution in [0.2, 0.25) is 0 Å². The van der Waals surface area contributed by atoms with E-state index in [-0.39, 0.29) is 17.8 Å². The van der Waals surface area contributed by atoms with Crippen LogP contribution in [-0.2, 0) is 4.79 Å². The highest BCUT2D eigenvalue weighted by atomic mass is 19.1. The molecule has 0 radical (unpaired) electrons. The van der Waals surface area contributed by atoms with E-state index in [4.69, 9.17) is 5.73 Å². The van der Waals surface area contributed by atoms with Crippen molar-refractivity contribution >= 4 is 11.6 Å². The van der Waals surface area contributed by atoms with Crippen molar-refractivity contribution in [3.05, 3.63) is 29.6 Å². The maximum absolute atomic E-state index is 13.3. The van der Waals surface area contributed by atoms with Crippen LogP contribution in [-0.4, -0.2) is 26.5 Å². The molecular weight excluding hydrogens is 257 g/mol. The molecule has 0 aliphatic heterocycles. The van der Waals surface area contributed by atoms with E-state index in [1.165, 1.54) is 12.1 Å². The molecule has 0 saturated heterocycles. The third-order valence-electron chi connectivity index (χ3n) is 3.46. The van der Waals surface area contributed by atoms with Crippen molar-refractivity contribution in [3.8, 4) is 0 Å². The van der Waals surface area contributed by atoms with E-state index in [0.717, 1.165) is 11.3 Å². The molecule has 0 aliphatic rings. The number of carbonyl (C=O) groups is 1. The number of hydrogen-bond donors (Lipinski definition) is 2. The molecule has 0 bridgehead atoms. The number of nitrogens with two attached hydrogens (primary N) is 1. The number of rotatable bonds is 6. The molecule has 4 nitrogen and oxygen atoms in total. The number of halogens is 1. The monoisotopic (exact) mass is 281 g/mol. The lowest BCUT2D eigenvalue weighted by Gasteiger charge is -2.26. The van der Waals surface area contributed by atoms with Crippen LogP contribution in [0, 0.1) is 11.2 Å². The molecular formula is C15H24FN3O. The first-order valence-electron chi connectivity index (χ1n) is 6.65. The van der Waals surface area contributed by atoms with E-state index in [1.54, 1.807) is 19.9 Å². The van der Waals surface area contributed by atoms with Gasteiger partial charge in [0.1, 0.15) is 5.82 Å². The van der Waals surface area contributed by atoms with Crippen molar-refractivity contribution in [1.82, 2.24) is 5.32 Å². The number of hydrogen-bond acceptors (Lipinski definition) is 3. The summed E-state index contributed by atoms with van der Waals surface area (Å²) in [6.07, 6.45) is 0. The number of anilines is 1. The Morgan fingerprint density at radius 2 is 2.05 bits per heavy atom. The number of carbonyl (C=O) groups excluding carboxylic acids is 1. The Hall–Kier alpha value is -1.62. The van der Waals surface area contributed by atoms with Gasteiger partial charge in [0.05, 0.1) is 5.41 Å². The lowest BCUT2D eigenvalue weighted by molar-refractivity contribution is -0.125. The summed E-state index contributed by atoms with van der Waals surface area (Å²) in [5, 5.41) is 3.29. The number of nitrogens with one attached hydrogen (secondary N) is 1. The predicted molar refractivity (Wildman–Crippen MR) is 80.1 cm³/mol. The van der Waals surface area contributed by atoms with Gasteiger partial charge < -0.3 is 16.0 Å². The smallest absolute Gasteiger partial charge is 0.224 e. The summed E-state index contributed by atoms with van der Waals surface area (Å²) in [5.41, 5.74) is 6.54. The van der Waals surface area contributed by atoms with E-state index in [0.29, 0.717) is 6.54 Å². The van der Waals surface area contributed by atoms with Gasteiger partial charge in [-0.05, 0) is 38.5 Å². The second kappa shape index (κ2) is 6.22. The second-order valence-corrected chi connectivity index (χ2v) is 5.95. The van der Waals surface area contributed by atoms with Crippen LogP contribution in [0.15, 0.2) is 18.2 Å². The lowest BCUT2D eigenvalue weighted by atomic mass is 9.92. The third kappa shape index (κ3) is 3.93. The van der Waals surface area contributed by atoms with Crippen LogP contribution in [0.4, 0.5) is 10.1 Å². The van der Waals surface area contributed by atoms with Crippen LogP contribution in [0.5, 0.6) is 0 Å². The van der Waals surface area contributed by atoms with Gasteiger partial charge in [0, 0.05) is 32.4 Å². The molecule has 0 spiro atoms. The number of nitrogens with zero attached hydrogens (tertiary/aromatic N) is 1. The highest BCUT2D eigenvalue weighted by Gasteiger charge is 2.25. The number of amides is 1. The van der Waals surface area contributed by atoms with Gasteiger partial charge >= 0.3 is 0 Å². The first-order valence-corrected chi connectivity index (χ1v) is 6.65. The molecule has 1 aromatic rings. The van der Waals surface area contributed by atoms with Gasteiger partial charge in [0.15, 0.2) is 0 Å². The topological polar surface area (TPSA) is 58.4 Å². The first kappa shape index (κ1) is 16.4. The Kier molecular flexibility index (Phi) is 5.11. The molecule has 0 heterocycles. The fraction of sp³-hybridized carbons (Fsp3) is 0.533. The largest absolute Gasteiger partial charge is 0.377 e. The SMILES string of the molecule is CC(NCC(C)(C)C(N)=O)c1ccc(F)cc1N(C)C. The van der Waals surface area contributed by atoms with Gasteiger partial charge in [0.2, 0.25) is 5.91 Å². The molecule has 112 valence electrons. The Labute approximate surface area is 120 Å². The molecule has 0 aromatic heterocycles. The van der Waals surface area contributed by atoms with Crippen LogP contribution in [0.3, 0.4) is 0 Å². The van der Waals surface area contributed by atoms with Crippen molar-refractivity contribution in [1.29, 1.82) is 0 Å². The van der Waals surface area contributed by atoms with Crippen LogP contribution in [0.1, 0.15) is 32.4 Å². The van der Waals surface area contributed by atoms with Crippen LogP contribution in [0.25, 0.3) is 0 Å². The predicted octanol–water partition coefficient (Wildman–Crippen LogP) is 2.05. The van der Waals surface area contributed by atoms with Gasteiger partial charge in [0.25, 0.3) is 0 Å². The molecule has 1 atom stereocenters. The van der Waals surface area contributed by atoms with Crippen LogP contribution >= 0.6 is 0 Å². The van der Waals surface area contributed by atoms with E-state index in [1.807, 2.05) is 25.9 Å². The molecule has 5 heteroatoms. The summed E-state index contributed by atoms with van der Waals surface area (Å²) in [7, 11) is 3.75. The zero-order valence-corrected chi connectivity index (χ0v) is 12.8. The summed E-state index contributed by atoms with van der Waals surface area (Å²) >= 11 is 0. The minimum absolute atomic E-state index is 0.00775. The molecule has 20 heavy (non-hydrogen) atoms. The Morgan fingerprint density at radius 3 is 2.55 bits per heavy atom. The zero-order valence-electron chi connectivity index (χ0n) is 12.8. The van der Waals surface area contributed by atoms with Crippen molar-refractivity contribution < 1.29 is 9.18 Å². The molecule has 0 saturated carbocycles. The van der Waals surface area contributed by atoms with Crippen molar-refractivity contribution in [2.45, 2.75) is 26.8 Å². The minimum atomic E-state index is -0.618. The fourth-order valence-corrected chi connectivity index (χ4v) is 1.88. The highest BCUT2D eigenvalue weighted by molar-refractivity contribution is 5.80. The molecule has 1 rings (SSSR count). The van der Waals surface area contributed by atoms with E-state index >= 15 is 0 Å². The van der Waals surface area contributed by atoms with E-state index < -0.39 is 5.41 Å². The molecule has 3 N–H and O–H groups in total. The van der Waals surface area contributed by atoms with Crippen LogP contribution < -0.4 is 16.0 Å². The summed E-state index contributed by atoms with van der Waals surface area (Å²) in [6, 6.07) is 4.71. The van der Waals surface area contributed by atoms with Gasteiger partial charge in [-0.25, -0.2) is 4.39 Å². The quantitative estimate of drug-likeness (QED) is 0.839. The molecule has 0 fully saturated rings. The second-order valence-electron chi connectivity index (χ2n) is 5.95. The fourth-order valence-electron chi connectivity index (χ4n) is 1.88. The Bertz CT molecular complexity index is 486. The van der Waals surface area contributed by atoms with E-state index in [9.17, 15) is 9.18 Å². The number of benzene rings is 1. The van der Waals surface area contributed by atoms with Crippen molar-refractivity contribution in [2.75, 3.05) is 25.5 Å². The van der Waals surface area contributed by atoms with Gasteiger partial charge in [-0.3, -0.25) is 4.79 Å². The molecule has 1 aromatic carbocycles. The molecule has 0 aliphatic carbocycles. The first-order chi connectivity index (χ1) is 9.15. The third-order valence-corrected chi connectivity index (χ3v) is 3.46. The van der Waals surface area contributed by atoms with Gasteiger partial charge in [-0.2, -0.15) is 0 Å². The standard InChI is InChI=1S/C15H24FN3O/c1-10(18-9-15(2,3)14(17)20)12-7-6-11(16)8-13(12)19(4)5/h6-8,10,18H,9H2,1-5H3,(H2,17,20). The summed E-state index contributed by atoms with van der Waals surface area (Å²) in [6.45, 7) is 6.05.